The number of nitrogens with one attached hydrogen (secondary N) is 2. The number of carbonyl (C=O) groups is 1. The fraction of sp³-hybridized carbons (Fsp3) is 0.690. The van der Waals surface area contributed by atoms with Gasteiger partial charge in [0.1, 0.15) is 17.8 Å². The summed E-state index contributed by atoms with van der Waals surface area (Å²) in [6.07, 6.45) is 15.0. The molecular formula is C29H42ClN5O4. The molecule has 1 aromatic heterocycles. The zero-order chi connectivity index (χ0) is 27.2. The average molecular weight is 560 g/mol. The monoisotopic (exact) mass is 559 g/mol. The van der Waals surface area contributed by atoms with Gasteiger partial charge in [-0.15, -0.1) is 0 Å². The van der Waals surface area contributed by atoms with Gasteiger partial charge >= 0.3 is 0 Å². The second-order valence-electron chi connectivity index (χ2n) is 11.1. The third-order valence-electron chi connectivity index (χ3n) is 8.57. The summed E-state index contributed by atoms with van der Waals surface area (Å²) in [6, 6.07) is 0.668. The molecule has 4 aliphatic rings. The minimum Gasteiger partial charge on any atom is -0.379 e. The molecular weight excluding hydrogens is 518 g/mol. The lowest BCUT2D eigenvalue weighted by atomic mass is 9.89. The Morgan fingerprint density at radius 1 is 1.21 bits per heavy atom. The highest BCUT2D eigenvalue weighted by molar-refractivity contribution is 6.31. The van der Waals surface area contributed by atoms with Crippen LogP contribution in [0.1, 0.15) is 61.0 Å². The number of hydrogen-bond donors (Lipinski definition) is 2. The molecule has 4 heterocycles. The van der Waals surface area contributed by atoms with Crippen LogP contribution in [0, 0.1) is 12.8 Å². The van der Waals surface area contributed by atoms with Crippen molar-refractivity contribution < 1.29 is 19.0 Å². The first kappa shape index (κ1) is 28.5. The number of carbonyl (C=O) groups excluding carboxylic acids is 1. The van der Waals surface area contributed by atoms with Crippen LogP contribution in [-0.2, 0) is 14.2 Å². The second-order valence-corrected chi connectivity index (χ2v) is 11.6. The number of ether oxygens (including phenoxy) is 3. The highest BCUT2D eigenvalue weighted by atomic mass is 35.5. The first-order chi connectivity index (χ1) is 19.0. The number of amides is 1. The summed E-state index contributed by atoms with van der Waals surface area (Å²) in [5, 5.41) is 8.00. The molecule has 0 saturated carbocycles. The van der Waals surface area contributed by atoms with Crippen LogP contribution in [0.2, 0.25) is 0 Å². The molecule has 0 spiro atoms. The largest absolute Gasteiger partial charge is 0.379 e. The Hall–Kier alpha value is -2.04. The molecule has 10 heteroatoms. The molecule has 1 unspecified atom stereocenters. The van der Waals surface area contributed by atoms with Crippen LogP contribution in [0.4, 0.5) is 5.82 Å². The van der Waals surface area contributed by atoms with E-state index in [0.29, 0.717) is 55.8 Å². The molecule has 9 nitrogen and oxygen atoms in total. The molecule has 5 rings (SSSR count). The fourth-order valence-corrected chi connectivity index (χ4v) is 6.33. The van der Waals surface area contributed by atoms with E-state index in [1.54, 1.807) is 7.11 Å². The zero-order valence-corrected chi connectivity index (χ0v) is 23.9. The topological polar surface area (TPSA) is 97.8 Å². The maximum atomic E-state index is 13.4. The first-order valence-corrected chi connectivity index (χ1v) is 14.8. The molecule has 3 saturated heterocycles. The van der Waals surface area contributed by atoms with Gasteiger partial charge in [0.2, 0.25) is 0 Å². The average Bonchev–Trinajstić information content (AvgIpc) is 2.97. The van der Waals surface area contributed by atoms with E-state index >= 15 is 0 Å². The highest BCUT2D eigenvalue weighted by Crippen LogP contribution is 2.31. The van der Waals surface area contributed by atoms with Gasteiger partial charge in [-0.3, -0.25) is 4.79 Å². The Balaban J connectivity index is 1.12. The van der Waals surface area contributed by atoms with Crippen LogP contribution in [-0.4, -0.2) is 91.1 Å². The van der Waals surface area contributed by atoms with E-state index in [-0.39, 0.29) is 24.2 Å². The molecule has 39 heavy (non-hydrogen) atoms. The van der Waals surface area contributed by atoms with E-state index in [1.165, 1.54) is 6.33 Å². The predicted octanol–water partition coefficient (Wildman–Crippen LogP) is 3.83. The summed E-state index contributed by atoms with van der Waals surface area (Å²) in [5.41, 5.74) is 1.26. The van der Waals surface area contributed by atoms with Gasteiger partial charge in [0.15, 0.2) is 0 Å². The lowest BCUT2D eigenvalue weighted by Gasteiger charge is -2.38. The van der Waals surface area contributed by atoms with Crippen LogP contribution in [0.3, 0.4) is 0 Å². The molecule has 3 fully saturated rings. The minimum atomic E-state index is -0.0259. The van der Waals surface area contributed by atoms with E-state index in [2.05, 4.69) is 32.8 Å². The first-order valence-electron chi connectivity index (χ1n) is 14.4. The van der Waals surface area contributed by atoms with Gasteiger partial charge in [-0.1, -0.05) is 23.8 Å². The van der Waals surface area contributed by atoms with Crippen LogP contribution >= 0.6 is 11.6 Å². The Bertz CT molecular complexity index is 1040. The van der Waals surface area contributed by atoms with Crippen LogP contribution in [0.15, 0.2) is 29.6 Å². The van der Waals surface area contributed by atoms with Gasteiger partial charge < -0.3 is 29.7 Å². The molecule has 1 aromatic rings. The number of likely N-dealkylation sites (tertiary alicyclic amines) is 1. The number of aromatic nitrogens is 2. The molecule has 3 aliphatic heterocycles. The second kappa shape index (κ2) is 13.5. The third-order valence-corrected chi connectivity index (χ3v) is 8.85. The Kier molecular flexibility index (Phi) is 9.89. The van der Waals surface area contributed by atoms with E-state index in [9.17, 15) is 4.79 Å². The number of allylic oxidation sites excluding steroid dienone is 3. The van der Waals surface area contributed by atoms with Gasteiger partial charge in [0.25, 0.3) is 5.91 Å². The maximum Gasteiger partial charge on any atom is 0.272 e. The summed E-state index contributed by atoms with van der Waals surface area (Å²) in [4.78, 5) is 24.2. The molecule has 5 atom stereocenters. The van der Waals surface area contributed by atoms with Crippen molar-refractivity contribution in [2.45, 2.75) is 82.3 Å². The third kappa shape index (κ3) is 7.19. The van der Waals surface area contributed by atoms with Crippen molar-refractivity contribution >= 4 is 23.3 Å². The number of rotatable bonds is 8. The standard InChI is InChI=1S/C29H42ClN5O4/c1-19-27(29(36)35-13-10-22(11-14-35)34-24-12-15-38-17-26(24)37-2)32-18-33-28(19)31-16-23-4-3-5-25(39-23)20-6-8-21(30)9-7-20/h6,8-9,18,20,22-26,34H,3-5,7,10-17H2,1-2H3,(H,31,32,33)/t20?,23-,24+,25+,26-/m1/s1. The minimum absolute atomic E-state index is 0.0259. The fourth-order valence-electron chi connectivity index (χ4n) is 6.17. The summed E-state index contributed by atoms with van der Waals surface area (Å²) >= 11 is 6.09. The van der Waals surface area contributed by atoms with Crippen molar-refractivity contribution in [3.63, 3.8) is 0 Å². The zero-order valence-electron chi connectivity index (χ0n) is 23.1. The van der Waals surface area contributed by atoms with E-state index in [0.717, 1.165) is 62.1 Å². The van der Waals surface area contributed by atoms with Crippen molar-refractivity contribution in [2.24, 2.45) is 5.92 Å². The predicted molar refractivity (Wildman–Crippen MR) is 151 cm³/mol. The molecule has 2 N–H and O–H groups in total. The summed E-state index contributed by atoms with van der Waals surface area (Å²) in [5.74, 6) is 1.05. The van der Waals surface area contributed by atoms with Gasteiger partial charge in [-0.25, -0.2) is 9.97 Å². The van der Waals surface area contributed by atoms with Crippen molar-refractivity contribution in [2.75, 3.05) is 45.3 Å². The van der Waals surface area contributed by atoms with Crippen LogP contribution < -0.4 is 10.6 Å². The molecule has 214 valence electrons. The number of halogens is 1. The molecule has 1 amide bonds. The van der Waals surface area contributed by atoms with Gasteiger partial charge in [0, 0.05) is 61.9 Å². The van der Waals surface area contributed by atoms with E-state index in [4.69, 9.17) is 25.8 Å². The smallest absolute Gasteiger partial charge is 0.272 e. The molecule has 0 bridgehead atoms. The molecule has 0 aromatic carbocycles. The molecule has 1 aliphatic carbocycles. The van der Waals surface area contributed by atoms with E-state index < -0.39 is 0 Å². The Labute approximate surface area is 236 Å². The summed E-state index contributed by atoms with van der Waals surface area (Å²) in [7, 11) is 1.74. The number of nitrogens with zero attached hydrogens (tertiary/aromatic N) is 3. The van der Waals surface area contributed by atoms with Gasteiger partial charge in [-0.05, 0) is 57.9 Å². The number of anilines is 1. The highest BCUT2D eigenvalue weighted by Gasteiger charge is 2.32. The lowest BCUT2D eigenvalue weighted by molar-refractivity contribution is -0.0615. The van der Waals surface area contributed by atoms with Crippen molar-refractivity contribution in [3.8, 4) is 0 Å². The van der Waals surface area contributed by atoms with Crippen molar-refractivity contribution in [1.82, 2.24) is 20.2 Å². The van der Waals surface area contributed by atoms with E-state index in [1.807, 2.05) is 17.9 Å². The Morgan fingerprint density at radius 3 is 2.82 bits per heavy atom. The SMILES string of the molecule is CO[C@@H]1COCC[C@@H]1NC1CCN(C(=O)c2ncnc(NC[C@H]3CCC[C@@H](C4C=CC(Cl)=CC4)O3)c2C)CC1. The van der Waals surface area contributed by atoms with Crippen molar-refractivity contribution in [1.29, 1.82) is 0 Å². The normalized spacial score (nSPS) is 30.2. The maximum absolute atomic E-state index is 13.4. The Morgan fingerprint density at radius 2 is 2.05 bits per heavy atom. The summed E-state index contributed by atoms with van der Waals surface area (Å²) in [6.45, 7) is 5.38. The van der Waals surface area contributed by atoms with Crippen LogP contribution in [0.5, 0.6) is 0 Å². The number of piperidine rings is 1. The van der Waals surface area contributed by atoms with Gasteiger partial charge in [0.05, 0.1) is 24.9 Å². The van der Waals surface area contributed by atoms with Crippen LogP contribution in [0.25, 0.3) is 0 Å². The number of methoxy groups -OCH3 is 1. The van der Waals surface area contributed by atoms with Crippen molar-refractivity contribution in [3.05, 3.63) is 40.8 Å². The quantitative estimate of drug-likeness (QED) is 0.496. The number of hydrogen-bond acceptors (Lipinski definition) is 8. The lowest BCUT2D eigenvalue weighted by Crippen LogP contribution is -2.54. The van der Waals surface area contributed by atoms with Gasteiger partial charge in [-0.2, -0.15) is 0 Å². The summed E-state index contributed by atoms with van der Waals surface area (Å²) < 4.78 is 17.6. The molecule has 0 radical (unpaired) electrons.